The number of aromatic hydroxyl groups is 1. The second-order valence-corrected chi connectivity index (χ2v) is 2.68. The Morgan fingerprint density at radius 2 is 2.36 bits per heavy atom. The van der Waals surface area contributed by atoms with Crippen molar-refractivity contribution in [1.29, 1.82) is 5.26 Å². The number of hydrogen-bond acceptors (Lipinski definition) is 4. The Hall–Kier alpha value is -2.02. The lowest BCUT2D eigenvalue weighted by Crippen LogP contribution is -1.94. The summed E-state index contributed by atoms with van der Waals surface area (Å²) in [6.07, 6.45) is 0.719. The minimum atomic E-state index is -0.101. The number of ether oxygens (including phenoxy) is 1. The number of nitrogens with zero attached hydrogens (tertiary/aromatic N) is 1. The summed E-state index contributed by atoms with van der Waals surface area (Å²) < 4.78 is 4.86. The van der Waals surface area contributed by atoms with Crippen LogP contribution in [0.3, 0.4) is 0 Å². The molecule has 14 heavy (non-hydrogen) atoms. The van der Waals surface area contributed by atoms with Gasteiger partial charge in [-0.15, -0.1) is 0 Å². The van der Waals surface area contributed by atoms with Crippen LogP contribution in [-0.2, 0) is 6.42 Å². The summed E-state index contributed by atoms with van der Waals surface area (Å²) in [7, 11) is 1.41. The minimum Gasteiger partial charge on any atom is -0.504 e. The Labute approximate surface area is 81.4 Å². The highest BCUT2D eigenvalue weighted by Gasteiger charge is 2.08. The fraction of sp³-hybridized carbons (Fsp3) is 0.200. The zero-order chi connectivity index (χ0) is 10.6. The van der Waals surface area contributed by atoms with Crippen molar-refractivity contribution in [3.8, 4) is 17.6 Å². The first-order valence-electron chi connectivity index (χ1n) is 3.95. The van der Waals surface area contributed by atoms with Gasteiger partial charge < -0.3 is 9.84 Å². The van der Waals surface area contributed by atoms with Gasteiger partial charge in [0.2, 0.25) is 0 Å². The molecule has 1 aromatic carbocycles. The molecule has 0 amide bonds. The van der Waals surface area contributed by atoms with Crippen LogP contribution in [-0.4, -0.2) is 18.5 Å². The maximum absolute atomic E-state index is 10.6. The topological polar surface area (TPSA) is 70.3 Å². The summed E-state index contributed by atoms with van der Waals surface area (Å²) in [6, 6.07) is 4.71. The lowest BCUT2D eigenvalue weighted by atomic mass is 10.1. The number of phenolic OH excluding ortho intramolecular Hbond substituents is 1. The quantitative estimate of drug-likeness (QED) is 0.730. The molecule has 0 spiro atoms. The third kappa shape index (κ3) is 1.83. The maximum Gasteiger partial charge on any atom is 0.160 e. The van der Waals surface area contributed by atoms with Gasteiger partial charge in [0.15, 0.2) is 17.8 Å². The molecule has 0 saturated heterocycles. The average Bonchev–Trinajstić information content (AvgIpc) is 2.20. The lowest BCUT2D eigenvalue weighted by Gasteiger charge is -2.06. The SMILES string of the molecule is COc1cc(CC#N)c(C=O)cc1O. The smallest absolute Gasteiger partial charge is 0.160 e. The molecule has 1 rings (SSSR count). The normalized spacial score (nSPS) is 9.14. The standard InChI is InChI=1S/C10H9NO3/c1-14-10-5-7(2-3-11)8(6-12)4-9(10)13/h4-6,13H,2H2,1H3. The molecule has 0 aliphatic carbocycles. The van der Waals surface area contributed by atoms with Gasteiger partial charge in [-0.1, -0.05) is 0 Å². The van der Waals surface area contributed by atoms with Crippen LogP contribution in [0, 0.1) is 11.3 Å². The second-order valence-electron chi connectivity index (χ2n) is 2.68. The molecule has 1 N–H and O–H groups in total. The van der Waals surface area contributed by atoms with Gasteiger partial charge in [-0.3, -0.25) is 4.79 Å². The zero-order valence-electron chi connectivity index (χ0n) is 7.65. The highest BCUT2D eigenvalue weighted by Crippen LogP contribution is 2.28. The molecule has 4 heteroatoms. The van der Waals surface area contributed by atoms with E-state index in [1.807, 2.05) is 6.07 Å². The molecule has 0 heterocycles. The summed E-state index contributed by atoms with van der Waals surface area (Å²) in [6.45, 7) is 0. The molecule has 4 nitrogen and oxygen atoms in total. The number of phenols is 1. The van der Waals surface area contributed by atoms with Crippen molar-refractivity contribution in [3.05, 3.63) is 23.3 Å². The molecule has 0 radical (unpaired) electrons. The number of carbonyl (C=O) groups is 1. The number of nitriles is 1. The van der Waals surface area contributed by atoms with E-state index in [1.54, 1.807) is 0 Å². The molecule has 0 aromatic heterocycles. The van der Waals surface area contributed by atoms with Gasteiger partial charge in [-0.25, -0.2) is 0 Å². The monoisotopic (exact) mass is 191 g/mol. The number of carbonyl (C=O) groups excluding carboxylic acids is 1. The van der Waals surface area contributed by atoms with E-state index in [0.717, 1.165) is 0 Å². The van der Waals surface area contributed by atoms with E-state index in [0.29, 0.717) is 17.4 Å². The summed E-state index contributed by atoms with van der Waals surface area (Å²) in [5.41, 5.74) is 0.863. The summed E-state index contributed by atoms with van der Waals surface area (Å²) in [4.78, 5) is 10.6. The molecule has 0 atom stereocenters. The van der Waals surface area contributed by atoms with Gasteiger partial charge in [0, 0.05) is 5.56 Å². The van der Waals surface area contributed by atoms with E-state index in [4.69, 9.17) is 10.00 Å². The molecule has 0 aliphatic heterocycles. The van der Waals surface area contributed by atoms with E-state index in [9.17, 15) is 9.90 Å². The molecular weight excluding hydrogens is 182 g/mol. The highest BCUT2D eigenvalue weighted by atomic mass is 16.5. The van der Waals surface area contributed by atoms with Crippen LogP contribution >= 0.6 is 0 Å². The molecule has 0 saturated carbocycles. The van der Waals surface area contributed by atoms with Crippen molar-refractivity contribution in [1.82, 2.24) is 0 Å². The van der Waals surface area contributed by atoms with Gasteiger partial charge in [0.25, 0.3) is 0 Å². The van der Waals surface area contributed by atoms with Gasteiger partial charge >= 0.3 is 0 Å². The molecule has 0 fully saturated rings. The predicted octanol–water partition coefficient (Wildman–Crippen LogP) is 1.28. The van der Waals surface area contributed by atoms with Crippen LogP contribution in [0.4, 0.5) is 0 Å². The molecule has 0 aliphatic rings. The molecule has 72 valence electrons. The Morgan fingerprint density at radius 3 is 2.86 bits per heavy atom. The first-order chi connectivity index (χ1) is 6.72. The van der Waals surface area contributed by atoms with Crippen LogP contribution in [0.15, 0.2) is 12.1 Å². The second kappa shape index (κ2) is 4.28. The van der Waals surface area contributed by atoms with Crippen molar-refractivity contribution in [3.63, 3.8) is 0 Å². The number of methoxy groups -OCH3 is 1. The van der Waals surface area contributed by atoms with Gasteiger partial charge in [-0.2, -0.15) is 5.26 Å². The predicted molar refractivity (Wildman–Crippen MR) is 49.4 cm³/mol. The first kappa shape index (κ1) is 10.1. The zero-order valence-corrected chi connectivity index (χ0v) is 7.65. The lowest BCUT2D eigenvalue weighted by molar-refractivity contribution is 0.112. The summed E-state index contributed by atoms with van der Waals surface area (Å²) in [5, 5.41) is 17.9. The largest absolute Gasteiger partial charge is 0.504 e. The number of aldehydes is 1. The number of hydrogen-bond donors (Lipinski definition) is 1. The Kier molecular flexibility index (Phi) is 3.08. The molecule has 1 aromatic rings. The fourth-order valence-electron chi connectivity index (χ4n) is 1.14. The van der Waals surface area contributed by atoms with Crippen LogP contribution < -0.4 is 4.74 Å². The fourth-order valence-corrected chi connectivity index (χ4v) is 1.14. The van der Waals surface area contributed by atoms with Crippen molar-refractivity contribution in [2.24, 2.45) is 0 Å². The number of rotatable bonds is 3. The van der Waals surface area contributed by atoms with Gasteiger partial charge in [-0.05, 0) is 17.7 Å². The van der Waals surface area contributed by atoms with Crippen LogP contribution in [0.1, 0.15) is 15.9 Å². The first-order valence-corrected chi connectivity index (χ1v) is 3.95. The van der Waals surface area contributed by atoms with Crippen molar-refractivity contribution >= 4 is 6.29 Å². The Morgan fingerprint density at radius 1 is 1.64 bits per heavy atom. The molecular formula is C10H9NO3. The Balaban J connectivity index is 3.26. The third-order valence-corrected chi connectivity index (χ3v) is 1.84. The summed E-state index contributed by atoms with van der Waals surface area (Å²) >= 11 is 0. The minimum absolute atomic E-state index is 0.101. The maximum atomic E-state index is 10.6. The van der Waals surface area contributed by atoms with E-state index in [1.165, 1.54) is 19.2 Å². The number of benzene rings is 1. The molecule has 0 bridgehead atoms. The van der Waals surface area contributed by atoms with E-state index < -0.39 is 0 Å². The van der Waals surface area contributed by atoms with E-state index >= 15 is 0 Å². The van der Waals surface area contributed by atoms with Crippen LogP contribution in [0.2, 0.25) is 0 Å². The van der Waals surface area contributed by atoms with Crippen molar-refractivity contribution in [2.45, 2.75) is 6.42 Å². The van der Waals surface area contributed by atoms with Gasteiger partial charge in [0.05, 0.1) is 19.6 Å². The van der Waals surface area contributed by atoms with Crippen molar-refractivity contribution in [2.75, 3.05) is 7.11 Å². The van der Waals surface area contributed by atoms with Crippen molar-refractivity contribution < 1.29 is 14.6 Å². The summed E-state index contributed by atoms with van der Waals surface area (Å²) in [5.74, 6) is 0.164. The average molecular weight is 191 g/mol. The highest BCUT2D eigenvalue weighted by molar-refractivity contribution is 5.79. The van der Waals surface area contributed by atoms with Crippen LogP contribution in [0.25, 0.3) is 0 Å². The Bertz CT molecular complexity index is 393. The van der Waals surface area contributed by atoms with E-state index in [2.05, 4.69) is 0 Å². The van der Waals surface area contributed by atoms with E-state index in [-0.39, 0.29) is 17.9 Å². The molecule has 0 unspecified atom stereocenters. The van der Waals surface area contributed by atoms with Gasteiger partial charge in [0.1, 0.15) is 0 Å². The van der Waals surface area contributed by atoms with Crippen LogP contribution in [0.5, 0.6) is 11.5 Å². The third-order valence-electron chi connectivity index (χ3n) is 1.84.